The lowest BCUT2D eigenvalue weighted by molar-refractivity contribution is -0.111. The lowest BCUT2D eigenvalue weighted by Crippen LogP contribution is -2.37. The van der Waals surface area contributed by atoms with Crippen molar-refractivity contribution in [2.24, 2.45) is 0 Å². The second-order valence-corrected chi connectivity index (χ2v) is 8.89. The van der Waals surface area contributed by atoms with Crippen molar-refractivity contribution >= 4 is 27.3 Å². The summed E-state index contributed by atoms with van der Waals surface area (Å²) in [7, 11) is -3.24. The molecular formula is C21H22N2O4S. The highest BCUT2D eigenvalue weighted by atomic mass is 32.2. The Bertz CT molecular complexity index is 969. The Balaban J connectivity index is 1.89. The van der Waals surface area contributed by atoms with Gasteiger partial charge in [-0.25, -0.2) is 8.42 Å². The van der Waals surface area contributed by atoms with Crippen LogP contribution >= 0.6 is 0 Å². The molecule has 0 radical (unpaired) electrons. The summed E-state index contributed by atoms with van der Waals surface area (Å²) in [6, 6.07) is 15.2. The Morgan fingerprint density at radius 3 is 2.39 bits per heavy atom. The van der Waals surface area contributed by atoms with Gasteiger partial charge in [0.1, 0.15) is 0 Å². The van der Waals surface area contributed by atoms with Crippen LogP contribution in [0.3, 0.4) is 0 Å². The van der Waals surface area contributed by atoms with E-state index in [2.05, 4.69) is 11.9 Å². The minimum absolute atomic E-state index is 0.0760. The lowest BCUT2D eigenvalue weighted by Gasteiger charge is -2.30. The molecule has 1 atom stereocenters. The third kappa shape index (κ3) is 4.67. The van der Waals surface area contributed by atoms with Crippen LogP contribution in [-0.4, -0.2) is 43.2 Å². The minimum atomic E-state index is -3.24. The Morgan fingerprint density at radius 1 is 1.07 bits per heavy atom. The van der Waals surface area contributed by atoms with Crippen molar-refractivity contribution in [3.05, 3.63) is 78.4 Å². The lowest BCUT2D eigenvalue weighted by atomic mass is 10.0. The number of hydrogen-bond acceptors (Lipinski definition) is 4. The van der Waals surface area contributed by atoms with Gasteiger partial charge in [0, 0.05) is 17.8 Å². The summed E-state index contributed by atoms with van der Waals surface area (Å²) in [5.41, 5.74) is 1.80. The summed E-state index contributed by atoms with van der Waals surface area (Å²) in [5, 5.41) is 2.63. The summed E-state index contributed by atoms with van der Waals surface area (Å²) in [5.74, 6) is -0.573. The van der Waals surface area contributed by atoms with E-state index < -0.39 is 15.9 Å². The first-order valence-corrected chi connectivity index (χ1v) is 10.8. The molecule has 0 saturated carbocycles. The molecule has 0 bridgehead atoms. The van der Waals surface area contributed by atoms with E-state index in [9.17, 15) is 18.0 Å². The third-order valence-electron chi connectivity index (χ3n) is 4.67. The summed E-state index contributed by atoms with van der Waals surface area (Å²) in [4.78, 5) is 26.2. The van der Waals surface area contributed by atoms with Gasteiger partial charge in [0.2, 0.25) is 5.91 Å². The number of sulfone groups is 1. The van der Waals surface area contributed by atoms with Gasteiger partial charge in [-0.15, -0.1) is 0 Å². The highest BCUT2D eigenvalue weighted by Gasteiger charge is 2.33. The molecule has 1 N–H and O–H groups in total. The normalized spacial score (nSPS) is 18.7. The van der Waals surface area contributed by atoms with Gasteiger partial charge >= 0.3 is 0 Å². The van der Waals surface area contributed by atoms with Crippen molar-refractivity contribution in [1.29, 1.82) is 0 Å². The van der Waals surface area contributed by atoms with E-state index in [4.69, 9.17) is 0 Å². The number of nitrogens with zero attached hydrogens (tertiary/aromatic N) is 1. The molecule has 28 heavy (non-hydrogen) atoms. The maximum atomic E-state index is 13.2. The molecular weight excluding hydrogens is 376 g/mol. The molecule has 0 aliphatic carbocycles. The zero-order valence-electron chi connectivity index (χ0n) is 15.4. The predicted octanol–water partition coefficient (Wildman–Crippen LogP) is 2.81. The fraction of sp³-hybridized carbons (Fsp3) is 0.238. The molecule has 2 aromatic rings. The van der Waals surface area contributed by atoms with E-state index in [1.807, 2.05) is 30.3 Å². The van der Waals surface area contributed by atoms with Crippen LogP contribution < -0.4 is 5.32 Å². The average molecular weight is 398 g/mol. The monoisotopic (exact) mass is 398 g/mol. The number of amides is 2. The SMILES string of the molecule is C=CC(=O)Nc1ccc(C(=O)N2CCCS(=O)(=O)CC2c2ccccc2)cc1. The van der Waals surface area contributed by atoms with E-state index in [1.54, 1.807) is 29.2 Å². The second kappa shape index (κ2) is 8.39. The van der Waals surface area contributed by atoms with Gasteiger partial charge in [-0.2, -0.15) is 0 Å². The van der Waals surface area contributed by atoms with Crippen molar-refractivity contribution < 1.29 is 18.0 Å². The topological polar surface area (TPSA) is 83.6 Å². The summed E-state index contributed by atoms with van der Waals surface area (Å²) < 4.78 is 24.7. The smallest absolute Gasteiger partial charge is 0.254 e. The summed E-state index contributed by atoms with van der Waals surface area (Å²) in [6.45, 7) is 3.77. The maximum Gasteiger partial charge on any atom is 0.254 e. The summed E-state index contributed by atoms with van der Waals surface area (Å²) >= 11 is 0. The maximum absolute atomic E-state index is 13.2. The highest BCUT2D eigenvalue weighted by Crippen LogP contribution is 2.28. The van der Waals surface area contributed by atoms with Crippen LogP contribution in [0.2, 0.25) is 0 Å². The Kier molecular flexibility index (Phi) is 5.94. The first kappa shape index (κ1) is 19.8. The first-order valence-electron chi connectivity index (χ1n) is 8.99. The number of nitrogens with one attached hydrogen (secondary N) is 1. The zero-order chi connectivity index (χ0) is 20.1. The van der Waals surface area contributed by atoms with E-state index in [0.29, 0.717) is 24.2 Å². The van der Waals surface area contributed by atoms with E-state index in [0.717, 1.165) is 5.56 Å². The van der Waals surface area contributed by atoms with Crippen molar-refractivity contribution in [2.75, 3.05) is 23.4 Å². The first-order chi connectivity index (χ1) is 13.4. The van der Waals surface area contributed by atoms with Crippen molar-refractivity contribution in [1.82, 2.24) is 4.90 Å². The Labute approximate surface area is 164 Å². The number of benzene rings is 2. The zero-order valence-corrected chi connectivity index (χ0v) is 16.2. The van der Waals surface area contributed by atoms with Crippen LogP contribution in [0.4, 0.5) is 5.69 Å². The summed E-state index contributed by atoms with van der Waals surface area (Å²) in [6.07, 6.45) is 1.58. The van der Waals surface area contributed by atoms with Crippen molar-refractivity contribution in [2.45, 2.75) is 12.5 Å². The predicted molar refractivity (Wildman–Crippen MR) is 109 cm³/mol. The molecule has 1 fully saturated rings. The van der Waals surface area contributed by atoms with Crippen LogP contribution in [0.25, 0.3) is 0 Å². The number of anilines is 1. The fourth-order valence-corrected chi connectivity index (χ4v) is 4.86. The van der Waals surface area contributed by atoms with Crippen LogP contribution in [0.15, 0.2) is 67.3 Å². The van der Waals surface area contributed by atoms with Gasteiger partial charge in [0.25, 0.3) is 5.91 Å². The van der Waals surface area contributed by atoms with Gasteiger partial charge in [0.15, 0.2) is 9.84 Å². The number of rotatable bonds is 4. The molecule has 6 nitrogen and oxygen atoms in total. The molecule has 1 aliphatic heterocycles. The Morgan fingerprint density at radius 2 is 1.75 bits per heavy atom. The quantitative estimate of drug-likeness (QED) is 0.803. The molecule has 1 aliphatic rings. The molecule has 7 heteroatoms. The average Bonchev–Trinajstić information content (AvgIpc) is 2.86. The minimum Gasteiger partial charge on any atom is -0.331 e. The molecule has 2 amide bonds. The molecule has 0 spiro atoms. The van der Waals surface area contributed by atoms with Gasteiger partial charge in [-0.1, -0.05) is 36.9 Å². The standard InChI is InChI=1S/C21H22N2O4S/c1-2-20(24)22-18-11-9-17(10-12-18)21(25)23-13-6-14-28(26,27)15-19(23)16-7-4-3-5-8-16/h2-5,7-12,19H,1,6,13-15H2,(H,22,24). The third-order valence-corrected chi connectivity index (χ3v) is 6.41. The van der Waals surface area contributed by atoms with Crippen molar-refractivity contribution in [3.63, 3.8) is 0 Å². The van der Waals surface area contributed by atoms with Crippen molar-refractivity contribution in [3.8, 4) is 0 Å². The Hall–Kier alpha value is -2.93. The molecule has 2 aromatic carbocycles. The molecule has 146 valence electrons. The van der Waals surface area contributed by atoms with E-state index in [-0.39, 0.29) is 23.3 Å². The fourth-order valence-electron chi connectivity index (χ4n) is 3.27. The number of carbonyl (C=O) groups excluding carboxylic acids is 2. The van der Waals surface area contributed by atoms with Crippen LogP contribution in [0, 0.1) is 0 Å². The molecule has 1 heterocycles. The molecule has 3 rings (SSSR count). The van der Waals surface area contributed by atoms with E-state index >= 15 is 0 Å². The van der Waals surface area contributed by atoms with E-state index in [1.165, 1.54) is 6.08 Å². The van der Waals surface area contributed by atoms with Gasteiger partial charge in [-0.3, -0.25) is 9.59 Å². The number of carbonyl (C=O) groups is 2. The highest BCUT2D eigenvalue weighted by molar-refractivity contribution is 7.91. The molecule has 0 aromatic heterocycles. The van der Waals surface area contributed by atoms with Crippen LogP contribution in [0.1, 0.15) is 28.4 Å². The second-order valence-electron chi connectivity index (χ2n) is 6.66. The van der Waals surface area contributed by atoms with Gasteiger partial charge in [0.05, 0.1) is 17.5 Å². The largest absolute Gasteiger partial charge is 0.331 e. The van der Waals surface area contributed by atoms with Gasteiger partial charge < -0.3 is 10.2 Å². The van der Waals surface area contributed by atoms with Gasteiger partial charge in [-0.05, 0) is 42.3 Å². The molecule has 1 unspecified atom stereocenters. The molecule has 1 saturated heterocycles. The number of hydrogen-bond donors (Lipinski definition) is 1. The van der Waals surface area contributed by atoms with Crippen LogP contribution in [-0.2, 0) is 14.6 Å². The van der Waals surface area contributed by atoms with Crippen LogP contribution in [0.5, 0.6) is 0 Å².